The van der Waals surface area contributed by atoms with Gasteiger partial charge in [-0.25, -0.2) is 0 Å². The van der Waals surface area contributed by atoms with Gasteiger partial charge >= 0.3 is 0 Å². The number of pyridine rings is 1. The Morgan fingerprint density at radius 3 is 1.17 bits per heavy atom. The van der Waals surface area contributed by atoms with E-state index in [4.69, 9.17) is 10.4 Å². The standard InChI is InChI=1S/C5H5N.2C4H8N2O2.Co/c1-2-4-6-5-3-1;2*1-3(5-7)4(2)6-8;/h1-5H;2*7-8H,1-2H3;/p-2/b;2*5-3+,6-4+;. The molecule has 0 aromatic carbocycles. The van der Waals surface area contributed by atoms with Crippen LogP contribution >= 0.6 is 0 Å². The first-order chi connectivity index (χ1) is 10.4. The molecule has 2 N–H and O–H groups in total. The van der Waals surface area contributed by atoms with Crippen LogP contribution in [0.1, 0.15) is 27.7 Å². The normalized spacial score (nSPS) is 12.0. The Kier molecular flexibility index (Phi) is 19.5. The Hall–Kier alpha value is -2.46. The van der Waals surface area contributed by atoms with Gasteiger partial charge in [-0.15, -0.1) is 0 Å². The van der Waals surface area contributed by atoms with Crippen LogP contribution in [0, 0.1) is 10.4 Å². The van der Waals surface area contributed by atoms with E-state index in [0.717, 1.165) is 0 Å². The SMILES string of the molecule is CC(=N\[O-])/C(C)=N/O.CC(=N\[O-])/C(C)=N/O.[Co].c1ccncc1. The zero-order valence-corrected chi connectivity index (χ0v) is 14.2. The van der Waals surface area contributed by atoms with Gasteiger partial charge in [0.15, 0.2) is 0 Å². The van der Waals surface area contributed by atoms with E-state index < -0.39 is 0 Å². The van der Waals surface area contributed by atoms with Crippen molar-refractivity contribution in [3.63, 3.8) is 0 Å². The molecule has 1 aromatic heterocycles. The van der Waals surface area contributed by atoms with Crippen LogP contribution in [-0.4, -0.2) is 38.2 Å². The average Bonchev–Trinajstić information content (AvgIpc) is 2.61. The van der Waals surface area contributed by atoms with Gasteiger partial charge in [-0.3, -0.25) is 4.98 Å². The molecule has 0 atom stereocenters. The van der Waals surface area contributed by atoms with Crippen LogP contribution in [0.3, 0.4) is 0 Å². The van der Waals surface area contributed by atoms with Gasteiger partial charge in [0.05, 0.1) is 22.8 Å². The number of nitrogens with zero attached hydrogens (tertiary/aromatic N) is 5. The van der Waals surface area contributed by atoms with Gasteiger partial charge in [0.25, 0.3) is 0 Å². The third-order valence-corrected chi connectivity index (χ3v) is 2.19. The first kappa shape index (κ1) is 25.5. The van der Waals surface area contributed by atoms with Gasteiger partial charge in [0.1, 0.15) is 0 Å². The average molecular weight is 368 g/mol. The molecule has 10 heteroatoms. The minimum absolute atomic E-state index is 0. The Morgan fingerprint density at radius 2 is 1.09 bits per heavy atom. The van der Waals surface area contributed by atoms with Crippen LogP contribution in [0.5, 0.6) is 0 Å². The summed E-state index contributed by atoms with van der Waals surface area (Å²) in [6.07, 6.45) is 3.50. The quantitative estimate of drug-likeness (QED) is 0.467. The zero-order valence-electron chi connectivity index (χ0n) is 13.2. The summed E-state index contributed by atoms with van der Waals surface area (Å²) in [5, 5.41) is 45.8. The predicted octanol–water partition coefficient (Wildman–Crippen LogP) is 2.67. The fourth-order valence-corrected chi connectivity index (χ4v) is 0.589. The van der Waals surface area contributed by atoms with Crippen molar-refractivity contribution in [3.8, 4) is 0 Å². The molecule has 0 bridgehead atoms. The number of rotatable bonds is 2. The molecule has 1 heterocycles. The molecule has 0 amide bonds. The van der Waals surface area contributed by atoms with Gasteiger partial charge in [0, 0.05) is 29.2 Å². The summed E-state index contributed by atoms with van der Waals surface area (Å²) in [6, 6.07) is 5.72. The maximum absolute atomic E-state index is 9.63. The molecule has 0 aliphatic heterocycles. The van der Waals surface area contributed by atoms with Crippen molar-refractivity contribution in [1.29, 1.82) is 0 Å². The molecule has 1 radical (unpaired) electrons. The van der Waals surface area contributed by atoms with E-state index in [9.17, 15) is 10.4 Å². The van der Waals surface area contributed by atoms with E-state index in [-0.39, 0.29) is 39.6 Å². The van der Waals surface area contributed by atoms with Crippen molar-refractivity contribution in [2.75, 3.05) is 0 Å². The fraction of sp³-hybridized carbons (Fsp3) is 0.308. The maximum Gasteiger partial charge on any atom is 0.0967 e. The van der Waals surface area contributed by atoms with Crippen molar-refractivity contribution in [2.45, 2.75) is 27.7 Å². The zero-order chi connectivity index (χ0) is 17.4. The summed E-state index contributed by atoms with van der Waals surface area (Å²) in [6.45, 7) is 5.94. The number of oxime groups is 2. The van der Waals surface area contributed by atoms with Crippen molar-refractivity contribution in [2.24, 2.45) is 20.6 Å². The largest absolute Gasteiger partial charge is 0.792 e. The van der Waals surface area contributed by atoms with Gasteiger partial charge in [-0.05, 0) is 39.8 Å². The van der Waals surface area contributed by atoms with Gasteiger partial charge in [-0.2, -0.15) is 0 Å². The first-order valence-electron chi connectivity index (χ1n) is 6.01. The van der Waals surface area contributed by atoms with Gasteiger partial charge in [0.2, 0.25) is 0 Å². The molecular formula is C13H19CoN5O4-2. The maximum atomic E-state index is 9.63. The molecule has 0 aliphatic rings. The van der Waals surface area contributed by atoms with Crippen LogP contribution in [0.4, 0.5) is 0 Å². The van der Waals surface area contributed by atoms with Crippen molar-refractivity contribution in [3.05, 3.63) is 41.0 Å². The molecule has 9 nitrogen and oxygen atoms in total. The molecule has 0 unspecified atom stereocenters. The van der Waals surface area contributed by atoms with Crippen LogP contribution in [-0.2, 0) is 16.8 Å². The van der Waals surface area contributed by atoms with Crippen LogP contribution in [0.25, 0.3) is 0 Å². The second-order valence-corrected chi connectivity index (χ2v) is 3.75. The Morgan fingerprint density at radius 1 is 0.739 bits per heavy atom. The molecule has 0 spiro atoms. The van der Waals surface area contributed by atoms with Crippen LogP contribution in [0.2, 0.25) is 0 Å². The Labute approximate surface area is 144 Å². The van der Waals surface area contributed by atoms with E-state index in [1.54, 1.807) is 12.4 Å². The summed E-state index contributed by atoms with van der Waals surface area (Å²) >= 11 is 0. The van der Waals surface area contributed by atoms with Crippen LogP contribution in [0.15, 0.2) is 51.2 Å². The van der Waals surface area contributed by atoms with Gasteiger partial charge in [-0.1, -0.05) is 16.4 Å². The predicted molar refractivity (Wildman–Crippen MR) is 87.0 cm³/mol. The minimum atomic E-state index is 0. The van der Waals surface area contributed by atoms with E-state index in [1.165, 1.54) is 27.7 Å². The smallest absolute Gasteiger partial charge is 0.0967 e. The number of hydrogen-bond acceptors (Lipinski definition) is 9. The topological polar surface area (TPSA) is 149 Å². The van der Waals surface area contributed by atoms with Crippen molar-refractivity contribution >= 4 is 22.8 Å². The number of aromatic nitrogens is 1. The van der Waals surface area contributed by atoms with E-state index in [0.29, 0.717) is 0 Å². The summed E-state index contributed by atoms with van der Waals surface area (Å²) in [7, 11) is 0. The molecule has 1 aromatic rings. The summed E-state index contributed by atoms with van der Waals surface area (Å²) in [4.78, 5) is 3.78. The van der Waals surface area contributed by atoms with Gasteiger partial charge < -0.3 is 31.1 Å². The molecule has 0 saturated heterocycles. The summed E-state index contributed by atoms with van der Waals surface area (Å²) < 4.78 is 0. The molecule has 23 heavy (non-hydrogen) atoms. The monoisotopic (exact) mass is 368 g/mol. The van der Waals surface area contributed by atoms with E-state index in [2.05, 4.69) is 25.6 Å². The minimum Gasteiger partial charge on any atom is -0.792 e. The van der Waals surface area contributed by atoms with Crippen molar-refractivity contribution in [1.82, 2.24) is 4.98 Å². The summed E-state index contributed by atoms with van der Waals surface area (Å²) in [5.41, 5.74) is 0.903. The van der Waals surface area contributed by atoms with Crippen LogP contribution < -0.4 is 0 Å². The summed E-state index contributed by atoms with van der Waals surface area (Å²) in [5.74, 6) is 0. The second-order valence-electron chi connectivity index (χ2n) is 3.75. The van der Waals surface area contributed by atoms with Crippen molar-refractivity contribution < 1.29 is 27.2 Å². The third-order valence-electron chi connectivity index (χ3n) is 2.19. The Bertz CT molecular complexity index is 428. The van der Waals surface area contributed by atoms with E-state index >= 15 is 0 Å². The Balaban J connectivity index is -0.000000257. The molecule has 0 aliphatic carbocycles. The first-order valence-corrected chi connectivity index (χ1v) is 6.01. The molecular weight excluding hydrogens is 349 g/mol. The molecule has 0 fully saturated rings. The molecule has 1 rings (SSSR count). The third kappa shape index (κ3) is 15.7. The van der Waals surface area contributed by atoms with E-state index in [1.807, 2.05) is 18.2 Å². The molecule has 131 valence electrons. The molecule has 0 saturated carbocycles. The fourth-order valence-electron chi connectivity index (χ4n) is 0.589. The second kappa shape index (κ2) is 17.6. The number of hydrogen-bond donors (Lipinski definition) is 2.